The van der Waals surface area contributed by atoms with E-state index < -0.39 is 33.5 Å². The fraction of sp³-hybridized carbons (Fsp3) is 0.500. The molecule has 0 spiro atoms. The fourth-order valence-corrected chi connectivity index (χ4v) is 2.90. The lowest BCUT2D eigenvalue weighted by Gasteiger charge is -2.23. The van der Waals surface area contributed by atoms with Crippen molar-refractivity contribution in [1.29, 1.82) is 0 Å². The van der Waals surface area contributed by atoms with Crippen LogP contribution in [0.5, 0.6) is 0 Å². The Bertz CT molecular complexity index is 707. The average Bonchev–Trinajstić information content (AvgIpc) is 2.45. The molecule has 24 heavy (non-hydrogen) atoms. The van der Waals surface area contributed by atoms with Gasteiger partial charge in [-0.2, -0.15) is 0 Å². The maximum atomic E-state index is 12.1. The van der Waals surface area contributed by atoms with Crippen LogP contribution in [0, 0.1) is 0 Å². The Labute approximate surface area is 142 Å². The molecule has 0 aliphatic heterocycles. The Kier molecular flexibility index (Phi) is 6.50. The van der Waals surface area contributed by atoms with Gasteiger partial charge in [0, 0.05) is 12.1 Å². The first-order valence-electron chi connectivity index (χ1n) is 7.59. The minimum absolute atomic E-state index is 0.0365. The third-order valence-electron chi connectivity index (χ3n) is 2.87. The summed E-state index contributed by atoms with van der Waals surface area (Å²) >= 11 is 0. The van der Waals surface area contributed by atoms with Crippen LogP contribution in [0.25, 0.3) is 0 Å². The van der Waals surface area contributed by atoms with Crippen molar-refractivity contribution in [2.45, 2.75) is 51.2 Å². The van der Waals surface area contributed by atoms with E-state index in [-0.39, 0.29) is 17.0 Å². The number of ether oxygens (including phenoxy) is 1. The molecule has 1 atom stereocenters. The van der Waals surface area contributed by atoms with E-state index in [2.05, 4.69) is 10.0 Å². The molecule has 134 valence electrons. The topological polar surface area (TPSA) is 102 Å². The Morgan fingerprint density at radius 1 is 1.25 bits per heavy atom. The molecule has 1 aromatic rings. The number of carbonyl (C=O) groups excluding carboxylic acids is 2. The second-order valence-corrected chi connectivity index (χ2v) is 8.08. The maximum absolute atomic E-state index is 12.1. The molecule has 1 amide bonds. The lowest BCUT2D eigenvalue weighted by Crippen LogP contribution is -2.46. The number of hydrogen-bond donors (Lipinski definition) is 2. The summed E-state index contributed by atoms with van der Waals surface area (Å²) in [5, 5.41) is 2.71. The van der Waals surface area contributed by atoms with Crippen LogP contribution in [0.2, 0.25) is 0 Å². The normalized spacial score (nSPS) is 13.2. The second-order valence-electron chi connectivity index (χ2n) is 6.32. The quantitative estimate of drug-likeness (QED) is 0.751. The van der Waals surface area contributed by atoms with Gasteiger partial charge in [-0.15, -0.1) is 0 Å². The zero-order valence-electron chi connectivity index (χ0n) is 14.5. The molecule has 0 fully saturated rings. The molecule has 0 saturated heterocycles. The molecule has 0 saturated carbocycles. The summed E-state index contributed by atoms with van der Waals surface area (Å²) in [6.45, 7) is 8.79. The first-order chi connectivity index (χ1) is 11.0. The molecule has 0 bridgehead atoms. The van der Waals surface area contributed by atoms with Crippen molar-refractivity contribution in [2.75, 3.05) is 6.54 Å². The number of rotatable bonds is 6. The maximum Gasteiger partial charge on any atom is 0.338 e. The van der Waals surface area contributed by atoms with Crippen LogP contribution >= 0.6 is 0 Å². The predicted molar refractivity (Wildman–Crippen MR) is 90.1 cm³/mol. The van der Waals surface area contributed by atoms with Crippen LogP contribution < -0.4 is 10.0 Å². The Hall–Kier alpha value is -1.93. The number of sulfonamides is 1. The van der Waals surface area contributed by atoms with Gasteiger partial charge in [-0.25, -0.2) is 17.9 Å². The first kappa shape index (κ1) is 20.1. The van der Waals surface area contributed by atoms with E-state index in [4.69, 9.17) is 4.74 Å². The summed E-state index contributed by atoms with van der Waals surface area (Å²) in [6.07, 6.45) is -0.995. The van der Waals surface area contributed by atoms with Gasteiger partial charge in [0.1, 0.15) is 0 Å². The number of amides is 1. The third kappa shape index (κ3) is 5.93. The highest BCUT2D eigenvalue weighted by Gasteiger charge is 2.23. The predicted octanol–water partition coefficient (Wildman–Crippen LogP) is 1.44. The van der Waals surface area contributed by atoms with E-state index in [0.717, 1.165) is 0 Å². The van der Waals surface area contributed by atoms with Gasteiger partial charge in [0.2, 0.25) is 10.0 Å². The van der Waals surface area contributed by atoms with Crippen LogP contribution in [0.4, 0.5) is 0 Å². The zero-order valence-corrected chi connectivity index (χ0v) is 15.4. The number of esters is 1. The Balaban J connectivity index is 2.88. The molecule has 0 unspecified atom stereocenters. The Morgan fingerprint density at radius 2 is 1.88 bits per heavy atom. The number of carbonyl (C=O) groups is 2. The third-order valence-corrected chi connectivity index (χ3v) is 4.41. The molecule has 7 nitrogen and oxygen atoms in total. The highest BCUT2D eigenvalue weighted by molar-refractivity contribution is 7.89. The lowest BCUT2D eigenvalue weighted by atomic mass is 10.1. The van der Waals surface area contributed by atoms with Gasteiger partial charge >= 0.3 is 5.97 Å². The van der Waals surface area contributed by atoms with Crippen LogP contribution in [0.1, 0.15) is 45.0 Å². The minimum Gasteiger partial charge on any atom is -0.449 e. The molecule has 2 N–H and O–H groups in total. The highest BCUT2D eigenvalue weighted by atomic mass is 32.2. The van der Waals surface area contributed by atoms with Crippen LogP contribution in [0.3, 0.4) is 0 Å². The van der Waals surface area contributed by atoms with Crippen molar-refractivity contribution in [3.63, 3.8) is 0 Å². The van der Waals surface area contributed by atoms with Crippen LogP contribution in [-0.2, 0) is 19.6 Å². The van der Waals surface area contributed by atoms with E-state index in [1.807, 2.05) is 20.8 Å². The van der Waals surface area contributed by atoms with Crippen molar-refractivity contribution < 1.29 is 22.7 Å². The fourth-order valence-electron chi connectivity index (χ4n) is 1.82. The number of benzene rings is 1. The largest absolute Gasteiger partial charge is 0.449 e. The van der Waals surface area contributed by atoms with E-state index in [0.29, 0.717) is 0 Å². The van der Waals surface area contributed by atoms with Crippen molar-refractivity contribution in [3.05, 3.63) is 29.8 Å². The summed E-state index contributed by atoms with van der Waals surface area (Å²) in [4.78, 5) is 24.1. The van der Waals surface area contributed by atoms with E-state index >= 15 is 0 Å². The van der Waals surface area contributed by atoms with Crippen molar-refractivity contribution in [1.82, 2.24) is 10.0 Å². The molecule has 0 aromatic heterocycles. The standard InChI is InChI=1S/C16H24N2O5S/c1-6-17-24(21,22)13-9-7-8-12(10-13)15(20)23-11(2)14(19)18-16(3,4)5/h7-11,17H,6H2,1-5H3,(H,18,19)/t11-/m0/s1. The zero-order chi connectivity index (χ0) is 18.5. The highest BCUT2D eigenvalue weighted by Crippen LogP contribution is 2.13. The first-order valence-corrected chi connectivity index (χ1v) is 9.07. The minimum atomic E-state index is -3.67. The molecular formula is C16H24N2O5S. The molecule has 0 radical (unpaired) electrons. The second kappa shape index (κ2) is 7.76. The van der Waals surface area contributed by atoms with Gasteiger partial charge < -0.3 is 10.1 Å². The monoisotopic (exact) mass is 356 g/mol. The summed E-state index contributed by atoms with van der Waals surface area (Å²) in [5.74, 6) is -1.19. The lowest BCUT2D eigenvalue weighted by molar-refractivity contribution is -0.130. The molecule has 8 heteroatoms. The Morgan fingerprint density at radius 3 is 2.42 bits per heavy atom. The summed E-state index contributed by atoms with van der Waals surface area (Å²) in [6, 6.07) is 5.47. The van der Waals surface area contributed by atoms with Crippen LogP contribution in [0.15, 0.2) is 29.2 Å². The van der Waals surface area contributed by atoms with Gasteiger partial charge in [-0.3, -0.25) is 4.79 Å². The molecule has 1 aromatic carbocycles. The van der Waals surface area contributed by atoms with Crippen LogP contribution in [-0.4, -0.2) is 38.5 Å². The summed E-state index contributed by atoms with van der Waals surface area (Å²) < 4.78 is 31.4. The molecular weight excluding hydrogens is 332 g/mol. The summed E-state index contributed by atoms with van der Waals surface area (Å²) in [7, 11) is -3.67. The SMILES string of the molecule is CCNS(=O)(=O)c1cccc(C(=O)O[C@@H](C)C(=O)NC(C)(C)C)c1. The van der Waals surface area contributed by atoms with Crippen molar-refractivity contribution in [3.8, 4) is 0 Å². The van der Waals surface area contributed by atoms with Gasteiger partial charge in [0.05, 0.1) is 10.5 Å². The van der Waals surface area contributed by atoms with Gasteiger partial charge in [-0.1, -0.05) is 13.0 Å². The van der Waals surface area contributed by atoms with Gasteiger partial charge in [0.25, 0.3) is 5.91 Å². The number of nitrogens with one attached hydrogen (secondary N) is 2. The molecule has 0 heterocycles. The number of hydrogen-bond acceptors (Lipinski definition) is 5. The summed E-state index contributed by atoms with van der Waals surface area (Å²) in [5.41, 5.74) is -0.387. The molecule has 0 aliphatic carbocycles. The smallest absolute Gasteiger partial charge is 0.338 e. The van der Waals surface area contributed by atoms with Gasteiger partial charge in [0.15, 0.2) is 6.10 Å². The average molecular weight is 356 g/mol. The van der Waals surface area contributed by atoms with E-state index in [9.17, 15) is 18.0 Å². The van der Waals surface area contributed by atoms with Gasteiger partial charge in [-0.05, 0) is 45.9 Å². The molecule has 1 rings (SSSR count). The van der Waals surface area contributed by atoms with E-state index in [1.165, 1.54) is 31.2 Å². The van der Waals surface area contributed by atoms with E-state index in [1.54, 1.807) is 6.92 Å². The van der Waals surface area contributed by atoms with Crippen molar-refractivity contribution >= 4 is 21.9 Å². The molecule has 0 aliphatic rings. The van der Waals surface area contributed by atoms with Crippen molar-refractivity contribution in [2.24, 2.45) is 0 Å².